The normalized spacial score (nSPS) is 11.8. The lowest BCUT2D eigenvalue weighted by Gasteiger charge is -2.19. The SMILES string of the molecule is CCNC(=NCCCc1cccc(F)c1)NCCNC(=O)OC(C)(C)C. The zero-order valence-electron chi connectivity index (χ0n) is 16.2. The van der Waals surface area contributed by atoms with Crippen LogP contribution in [0.25, 0.3) is 0 Å². The molecule has 26 heavy (non-hydrogen) atoms. The molecule has 0 bridgehead atoms. The molecule has 1 rings (SSSR count). The summed E-state index contributed by atoms with van der Waals surface area (Å²) in [6.45, 7) is 9.81. The maximum Gasteiger partial charge on any atom is 0.407 e. The fourth-order valence-corrected chi connectivity index (χ4v) is 2.17. The number of ether oxygens (including phenoxy) is 1. The van der Waals surface area contributed by atoms with E-state index < -0.39 is 11.7 Å². The van der Waals surface area contributed by atoms with Crippen LogP contribution < -0.4 is 16.0 Å². The van der Waals surface area contributed by atoms with Crippen LogP contribution in [0.4, 0.5) is 9.18 Å². The number of amides is 1. The van der Waals surface area contributed by atoms with E-state index in [-0.39, 0.29) is 5.82 Å². The van der Waals surface area contributed by atoms with Crippen molar-refractivity contribution in [3.8, 4) is 0 Å². The van der Waals surface area contributed by atoms with E-state index in [0.717, 1.165) is 24.9 Å². The second-order valence-electron chi connectivity index (χ2n) is 6.85. The molecule has 0 aliphatic heterocycles. The van der Waals surface area contributed by atoms with Gasteiger partial charge in [-0.15, -0.1) is 0 Å². The summed E-state index contributed by atoms with van der Waals surface area (Å²) in [6, 6.07) is 6.63. The van der Waals surface area contributed by atoms with Gasteiger partial charge in [-0.1, -0.05) is 12.1 Å². The molecule has 7 heteroatoms. The van der Waals surface area contributed by atoms with Crippen molar-refractivity contribution in [3.63, 3.8) is 0 Å². The van der Waals surface area contributed by atoms with Crippen molar-refractivity contribution >= 4 is 12.1 Å². The molecule has 0 aliphatic rings. The molecule has 1 aromatic rings. The highest BCUT2D eigenvalue weighted by Gasteiger charge is 2.15. The smallest absolute Gasteiger partial charge is 0.407 e. The van der Waals surface area contributed by atoms with Crippen molar-refractivity contribution in [2.75, 3.05) is 26.2 Å². The number of halogens is 1. The Bertz CT molecular complexity index is 585. The minimum Gasteiger partial charge on any atom is -0.444 e. The molecule has 1 amide bonds. The van der Waals surface area contributed by atoms with E-state index in [0.29, 0.717) is 25.6 Å². The Labute approximate surface area is 155 Å². The van der Waals surface area contributed by atoms with E-state index in [9.17, 15) is 9.18 Å². The second-order valence-corrected chi connectivity index (χ2v) is 6.85. The number of hydrogen-bond acceptors (Lipinski definition) is 3. The molecule has 0 spiro atoms. The van der Waals surface area contributed by atoms with Gasteiger partial charge in [0.1, 0.15) is 11.4 Å². The van der Waals surface area contributed by atoms with Gasteiger partial charge >= 0.3 is 6.09 Å². The number of hydrogen-bond donors (Lipinski definition) is 3. The van der Waals surface area contributed by atoms with Crippen molar-refractivity contribution in [3.05, 3.63) is 35.6 Å². The van der Waals surface area contributed by atoms with Crippen LogP contribution in [0.2, 0.25) is 0 Å². The van der Waals surface area contributed by atoms with Gasteiger partial charge in [-0.05, 0) is 58.2 Å². The Morgan fingerprint density at radius 3 is 2.58 bits per heavy atom. The van der Waals surface area contributed by atoms with E-state index in [1.807, 2.05) is 33.8 Å². The lowest BCUT2D eigenvalue weighted by atomic mass is 10.1. The number of aliphatic imine (C=N–C) groups is 1. The number of rotatable bonds is 8. The molecule has 0 saturated carbocycles. The van der Waals surface area contributed by atoms with Gasteiger partial charge in [-0.25, -0.2) is 9.18 Å². The van der Waals surface area contributed by atoms with Crippen LogP contribution in [0.1, 0.15) is 39.7 Å². The molecule has 0 fully saturated rings. The molecule has 0 aliphatic carbocycles. The molecule has 0 heterocycles. The lowest BCUT2D eigenvalue weighted by molar-refractivity contribution is 0.0529. The van der Waals surface area contributed by atoms with Crippen molar-refractivity contribution in [1.29, 1.82) is 0 Å². The zero-order valence-corrected chi connectivity index (χ0v) is 16.2. The number of guanidine groups is 1. The summed E-state index contributed by atoms with van der Waals surface area (Å²) < 4.78 is 18.3. The van der Waals surface area contributed by atoms with Crippen LogP contribution in [0.5, 0.6) is 0 Å². The fourth-order valence-electron chi connectivity index (χ4n) is 2.17. The second kappa shape index (κ2) is 11.3. The molecule has 0 aromatic heterocycles. The predicted molar refractivity (Wildman–Crippen MR) is 103 cm³/mol. The Balaban J connectivity index is 2.29. The number of alkyl carbamates (subject to hydrolysis) is 1. The van der Waals surface area contributed by atoms with E-state index >= 15 is 0 Å². The van der Waals surface area contributed by atoms with Crippen LogP contribution in [0.15, 0.2) is 29.3 Å². The molecule has 0 unspecified atom stereocenters. The summed E-state index contributed by atoms with van der Waals surface area (Å²) >= 11 is 0. The first-order valence-corrected chi connectivity index (χ1v) is 9.03. The number of nitrogens with zero attached hydrogens (tertiary/aromatic N) is 1. The first-order valence-electron chi connectivity index (χ1n) is 9.03. The first kappa shape index (κ1) is 21.7. The fraction of sp³-hybridized carbons (Fsp3) is 0.579. The molecular formula is C19H31FN4O2. The monoisotopic (exact) mass is 366 g/mol. The highest BCUT2D eigenvalue weighted by molar-refractivity contribution is 5.79. The topological polar surface area (TPSA) is 74.8 Å². The molecule has 146 valence electrons. The number of carbonyl (C=O) groups is 1. The molecule has 1 aromatic carbocycles. The minimum absolute atomic E-state index is 0.210. The largest absolute Gasteiger partial charge is 0.444 e. The summed E-state index contributed by atoms with van der Waals surface area (Å²) in [7, 11) is 0. The minimum atomic E-state index is -0.504. The molecule has 0 radical (unpaired) electrons. The third-order valence-corrected chi connectivity index (χ3v) is 3.21. The van der Waals surface area contributed by atoms with Crippen LogP contribution in [0, 0.1) is 5.82 Å². The summed E-state index contributed by atoms with van der Waals surface area (Å²) in [5.74, 6) is 0.483. The number of benzene rings is 1. The van der Waals surface area contributed by atoms with Crippen molar-refractivity contribution in [2.45, 2.75) is 46.1 Å². The molecule has 0 atom stereocenters. The summed E-state index contributed by atoms with van der Waals surface area (Å²) in [5.41, 5.74) is 0.468. The zero-order chi connectivity index (χ0) is 19.4. The van der Waals surface area contributed by atoms with Gasteiger partial charge in [0.15, 0.2) is 5.96 Å². The third kappa shape index (κ3) is 10.5. The Kier molecular flexibility index (Phi) is 9.47. The van der Waals surface area contributed by atoms with Gasteiger partial charge in [0.2, 0.25) is 0 Å². The average Bonchev–Trinajstić information content (AvgIpc) is 2.54. The maximum absolute atomic E-state index is 13.1. The molecule has 3 N–H and O–H groups in total. The van der Waals surface area contributed by atoms with Crippen LogP contribution in [0.3, 0.4) is 0 Å². The highest BCUT2D eigenvalue weighted by Crippen LogP contribution is 2.06. The van der Waals surface area contributed by atoms with E-state index in [1.54, 1.807) is 12.1 Å². The number of aryl methyl sites for hydroxylation is 1. The quantitative estimate of drug-likeness (QED) is 0.376. The van der Waals surface area contributed by atoms with Crippen LogP contribution in [-0.4, -0.2) is 43.8 Å². The van der Waals surface area contributed by atoms with Gasteiger partial charge in [0, 0.05) is 26.2 Å². The van der Waals surface area contributed by atoms with Crippen LogP contribution in [-0.2, 0) is 11.2 Å². The molecule has 6 nitrogen and oxygen atoms in total. The Morgan fingerprint density at radius 1 is 1.19 bits per heavy atom. The van der Waals surface area contributed by atoms with Crippen LogP contribution >= 0.6 is 0 Å². The summed E-state index contributed by atoms with van der Waals surface area (Å²) in [4.78, 5) is 16.0. The molecular weight excluding hydrogens is 335 g/mol. The average molecular weight is 366 g/mol. The van der Waals surface area contributed by atoms with E-state index in [1.165, 1.54) is 6.07 Å². The predicted octanol–water partition coefficient (Wildman–Crippen LogP) is 2.84. The van der Waals surface area contributed by atoms with Crippen molar-refractivity contribution in [1.82, 2.24) is 16.0 Å². The van der Waals surface area contributed by atoms with Gasteiger partial charge in [0.25, 0.3) is 0 Å². The number of carbonyl (C=O) groups excluding carboxylic acids is 1. The maximum atomic E-state index is 13.1. The van der Waals surface area contributed by atoms with E-state index in [4.69, 9.17) is 4.74 Å². The summed E-state index contributed by atoms with van der Waals surface area (Å²) in [5, 5.41) is 9.00. The standard InChI is InChI=1S/C19H31FN4O2/c1-5-21-17(23-12-13-24-18(25)26-19(2,3)4)22-11-7-9-15-8-6-10-16(20)14-15/h6,8,10,14H,5,7,9,11-13H2,1-4H3,(H,24,25)(H2,21,22,23). The Hall–Kier alpha value is -2.31. The van der Waals surface area contributed by atoms with Gasteiger partial charge in [0.05, 0.1) is 0 Å². The number of nitrogens with one attached hydrogen (secondary N) is 3. The Morgan fingerprint density at radius 2 is 1.92 bits per heavy atom. The first-order chi connectivity index (χ1) is 12.3. The van der Waals surface area contributed by atoms with Gasteiger partial charge < -0.3 is 20.7 Å². The van der Waals surface area contributed by atoms with E-state index in [2.05, 4.69) is 20.9 Å². The third-order valence-electron chi connectivity index (χ3n) is 3.21. The van der Waals surface area contributed by atoms with Gasteiger partial charge in [-0.3, -0.25) is 4.99 Å². The van der Waals surface area contributed by atoms with Crippen molar-refractivity contribution in [2.24, 2.45) is 4.99 Å². The highest BCUT2D eigenvalue weighted by atomic mass is 19.1. The lowest BCUT2D eigenvalue weighted by Crippen LogP contribution is -2.42. The van der Waals surface area contributed by atoms with Crippen molar-refractivity contribution < 1.29 is 13.9 Å². The summed E-state index contributed by atoms with van der Waals surface area (Å²) in [6.07, 6.45) is 1.17. The van der Waals surface area contributed by atoms with Gasteiger partial charge in [-0.2, -0.15) is 0 Å². The molecule has 0 saturated heterocycles.